The van der Waals surface area contributed by atoms with E-state index in [-0.39, 0.29) is 12.1 Å². The Labute approximate surface area is 181 Å². The Balaban J connectivity index is 3.19. The summed E-state index contributed by atoms with van der Waals surface area (Å²) in [6.45, 7) is 9.12. The number of carbonyl (C=O) groups excluding carboxylic acids is 1. The van der Waals surface area contributed by atoms with Crippen LogP contribution in [0.15, 0.2) is 0 Å². The topological polar surface area (TPSA) is 44.8 Å². The first kappa shape index (κ1) is 28.4. The minimum absolute atomic E-state index is 0.0363. The number of hydrogen-bond acceptors (Lipinski definition) is 4. The Morgan fingerprint density at radius 2 is 1.10 bits per heavy atom. The first-order valence-corrected chi connectivity index (χ1v) is 12.6. The number of hydrogen-bond donors (Lipinski definition) is 0. The lowest BCUT2D eigenvalue weighted by atomic mass is 10.1. The second-order valence-corrected chi connectivity index (χ2v) is 8.31. The van der Waals surface area contributed by atoms with Crippen molar-refractivity contribution in [3.8, 4) is 0 Å². The highest BCUT2D eigenvalue weighted by atomic mass is 16.5. The highest BCUT2D eigenvalue weighted by molar-refractivity contribution is 5.69. The minimum atomic E-state index is -0.102. The van der Waals surface area contributed by atoms with Gasteiger partial charge in [0.15, 0.2) is 0 Å². The van der Waals surface area contributed by atoms with E-state index in [1.165, 1.54) is 70.6 Å². The summed E-state index contributed by atoms with van der Waals surface area (Å²) in [5.41, 5.74) is 0. The van der Waals surface area contributed by atoms with E-state index in [2.05, 4.69) is 13.8 Å². The van der Waals surface area contributed by atoms with Gasteiger partial charge in [-0.2, -0.15) is 0 Å². The molecule has 0 saturated carbocycles. The summed E-state index contributed by atoms with van der Waals surface area (Å²) in [5, 5.41) is 0. The fourth-order valence-corrected chi connectivity index (χ4v) is 3.36. The highest BCUT2D eigenvalue weighted by Crippen LogP contribution is 2.10. The molecule has 0 rings (SSSR count). The molecule has 0 radical (unpaired) electrons. The second kappa shape index (κ2) is 23.7. The van der Waals surface area contributed by atoms with Gasteiger partial charge in [-0.15, -0.1) is 0 Å². The van der Waals surface area contributed by atoms with Gasteiger partial charge >= 0.3 is 5.97 Å². The van der Waals surface area contributed by atoms with Crippen molar-refractivity contribution in [2.24, 2.45) is 0 Å². The van der Waals surface area contributed by atoms with E-state index in [1.807, 2.05) is 6.92 Å². The van der Waals surface area contributed by atoms with Crippen molar-refractivity contribution >= 4 is 5.97 Å². The zero-order valence-corrected chi connectivity index (χ0v) is 19.9. The number of unbranched alkanes of at least 4 members (excludes halogenated alkanes) is 11. The van der Waals surface area contributed by atoms with Gasteiger partial charge in [0.2, 0.25) is 0 Å². The standard InChI is InChI=1S/C25H50O4/c1-4-6-8-9-10-11-12-13-14-16-20-27-22-23-28-21-17-19-25(26)29-24(3)18-15-7-5-2/h24H,4-23H2,1-3H3. The third kappa shape index (κ3) is 23.5. The average Bonchev–Trinajstić information content (AvgIpc) is 2.70. The molecule has 0 saturated heterocycles. The van der Waals surface area contributed by atoms with Crippen LogP contribution in [0.2, 0.25) is 0 Å². The van der Waals surface area contributed by atoms with E-state index in [1.54, 1.807) is 0 Å². The van der Waals surface area contributed by atoms with E-state index in [0.29, 0.717) is 26.2 Å². The van der Waals surface area contributed by atoms with E-state index in [9.17, 15) is 4.79 Å². The summed E-state index contributed by atoms with van der Waals surface area (Å²) in [4.78, 5) is 11.7. The molecule has 4 nitrogen and oxygen atoms in total. The fourth-order valence-electron chi connectivity index (χ4n) is 3.36. The minimum Gasteiger partial charge on any atom is -0.463 e. The van der Waals surface area contributed by atoms with Crippen LogP contribution in [0, 0.1) is 0 Å². The summed E-state index contributed by atoms with van der Waals surface area (Å²) in [5.74, 6) is -0.102. The molecule has 4 heteroatoms. The first-order chi connectivity index (χ1) is 14.2. The molecule has 0 fully saturated rings. The number of esters is 1. The molecule has 0 N–H and O–H groups in total. The molecule has 0 aromatic carbocycles. The molecule has 174 valence electrons. The Kier molecular flexibility index (Phi) is 23.2. The largest absolute Gasteiger partial charge is 0.463 e. The lowest BCUT2D eigenvalue weighted by molar-refractivity contribution is -0.148. The van der Waals surface area contributed by atoms with Crippen LogP contribution in [-0.4, -0.2) is 38.5 Å². The monoisotopic (exact) mass is 414 g/mol. The van der Waals surface area contributed by atoms with E-state index < -0.39 is 0 Å². The molecular formula is C25H50O4. The van der Waals surface area contributed by atoms with Crippen LogP contribution in [0.1, 0.15) is 124 Å². The van der Waals surface area contributed by atoms with Gasteiger partial charge in [-0.25, -0.2) is 0 Å². The van der Waals surface area contributed by atoms with Gasteiger partial charge in [-0.3, -0.25) is 4.79 Å². The van der Waals surface area contributed by atoms with Gasteiger partial charge in [0.1, 0.15) is 0 Å². The Bertz CT molecular complexity index is 333. The number of carbonyl (C=O) groups is 1. The lowest BCUT2D eigenvalue weighted by Crippen LogP contribution is -2.15. The van der Waals surface area contributed by atoms with Crippen LogP contribution in [0.25, 0.3) is 0 Å². The van der Waals surface area contributed by atoms with Crippen molar-refractivity contribution in [2.45, 2.75) is 130 Å². The molecule has 1 atom stereocenters. The molecule has 0 amide bonds. The molecule has 0 aromatic heterocycles. The maximum Gasteiger partial charge on any atom is 0.306 e. The zero-order valence-electron chi connectivity index (χ0n) is 19.9. The van der Waals surface area contributed by atoms with E-state index in [0.717, 1.165) is 32.3 Å². The van der Waals surface area contributed by atoms with Crippen LogP contribution in [0.3, 0.4) is 0 Å². The predicted octanol–water partition coefficient (Wildman–Crippen LogP) is 7.23. The summed E-state index contributed by atoms with van der Waals surface area (Å²) in [6, 6.07) is 0. The maximum absolute atomic E-state index is 11.7. The van der Waals surface area contributed by atoms with Gasteiger partial charge in [0.25, 0.3) is 0 Å². The van der Waals surface area contributed by atoms with Crippen molar-refractivity contribution in [3.63, 3.8) is 0 Å². The summed E-state index contributed by atoms with van der Waals surface area (Å²) in [7, 11) is 0. The quantitative estimate of drug-likeness (QED) is 0.131. The van der Waals surface area contributed by atoms with Gasteiger partial charge < -0.3 is 14.2 Å². The van der Waals surface area contributed by atoms with Crippen LogP contribution in [-0.2, 0) is 19.0 Å². The zero-order chi connectivity index (χ0) is 21.4. The molecule has 0 aromatic rings. The first-order valence-electron chi connectivity index (χ1n) is 12.6. The van der Waals surface area contributed by atoms with Gasteiger partial charge in [-0.1, -0.05) is 84.5 Å². The van der Waals surface area contributed by atoms with Gasteiger partial charge in [-0.05, 0) is 32.6 Å². The van der Waals surface area contributed by atoms with Crippen molar-refractivity contribution < 1.29 is 19.0 Å². The maximum atomic E-state index is 11.7. The Morgan fingerprint density at radius 3 is 1.69 bits per heavy atom. The molecule has 0 aliphatic heterocycles. The Hall–Kier alpha value is -0.610. The van der Waals surface area contributed by atoms with Crippen molar-refractivity contribution in [1.29, 1.82) is 0 Å². The highest BCUT2D eigenvalue weighted by Gasteiger charge is 2.08. The van der Waals surface area contributed by atoms with Crippen molar-refractivity contribution in [3.05, 3.63) is 0 Å². The van der Waals surface area contributed by atoms with E-state index in [4.69, 9.17) is 14.2 Å². The summed E-state index contributed by atoms with van der Waals surface area (Å²) in [6.07, 6.45) is 19.2. The average molecular weight is 415 g/mol. The number of ether oxygens (including phenoxy) is 3. The molecule has 0 aliphatic rings. The fraction of sp³-hybridized carbons (Fsp3) is 0.960. The Morgan fingerprint density at radius 1 is 0.621 bits per heavy atom. The lowest BCUT2D eigenvalue weighted by Gasteiger charge is -2.13. The molecule has 1 unspecified atom stereocenters. The molecule has 0 spiro atoms. The number of rotatable bonds is 23. The van der Waals surface area contributed by atoms with Crippen LogP contribution in [0.5, 0.6) is 0 Å². The SMILES string of the molecule is CCCCCCCCCCCCOCCOCCCC(=O)OC(C)CCCCC. The molecular weight excluding hydrogens is 364 g/mol. The van der Waals surface area contributed by atoms with Gasteiger partial charge in [0.05, 0.1) is 19.3 Å². The molecule has 0 aliphatic carbocycles. The van der Waals surface area contributed by atoms with E-state index >= 15 is 0 Å². The third-order valence-corrected chi connectivity index (χ3v) is 5.23. The predicted molar refractivity (Wildman–Crippen MR) is 122 cm³/mol. The van der Waals surface area contributed by atoms with Crippen LogP contribution in [0.4, 0.5) is 0 Å². The summed E-state index contributed by atoms with van der Waals surface area (Å²) < 4.78 is 16.6. The second-order valence-electron chi connectivity index (χ2n) is 8.31. The molecule has 29 heavy (non-hydrogen) atoms. The van der Waals surface area contributed by atoms with Crippen LogP contribution < -0.4 is 0 Å². The van der Waals surface area contributed by atoms with Crippen LogP contribution >= 0.6 is 0 Å². The molecule has 0 bridgehead atoms. The van der Waals surface area contributed by atoms with Gasteiger partial charge in [0, 0.05) is 19.6 Å². The smallest absolute Gasteiger partial charge is 0.306 e. The summed E-state index contributed by atoms with van der Waals surface area (Å²) >= 11 is 0. The normalized spacial score (nSPS) is 12.2. The van der Waals surface area contributed by atoms with Crippen molar-refractivity contribution in [2.75, 3.05) is 26.4 Å². The van der Waals surface area contributed by atoms with Crippen molar-refractivity contribution in [1.82, 2.24) is 0 Å². The molecule has 0 heterocycles. The third-order valence-electron chi connectivity index (χ3n) is 5.23.